The Morgan fingerprint density at radius 3 is 2.86 bits per heavy atom. The zero-order valence-electron chi connectivity index (χ0n) is 11.8. The number of pyridine rings is 1. The highest BCUT2D eigenvalue weighted by molar-refractivity contribution is 6.06. The molecule has 2 heterocycles. The predicted octanol–water partition coefficient (Wildman–Crippen LogP) is 2.91. The molecule has 0 saturated carbocycles. The molecule has 0 amide bonds. The van der Waals surface area contributed by atoms with Gasteiger partial charge in [0.25, 0.3) is 0 Å². The minimum absolute atomic E-state index is 0.280. The van der Waals surface area contributed by atoms with Crippen molar-refractivity contribution in [3.05, 3.63) is 47.9 Å². The van der Waals surface area contributed by atoms with Crippen molar-refractivity contribution in [2.75, 3.05) is 12.8 Å². The standard InChI is InChI=1S/C16H15N3O2/c1-9-10(4-3-5-13(9)17)12-8-19-15(16(20)21-2)14-11(12)6-7-18-14/h3-8,18H,17H2,1-2H3. The minimum atomic E-state index is -0.460. The zero-order valence-corrected chi connectivity index (χ0v) is 11.8. The van der Waals surface area contributed by atoms with Crippen LogP contribution in [0, 0.1) is 6.92 Å². The lowest BCUT2D eigenvalue weighted by Gasteiger charge is -2.10. The highest BCUT2D eigenvalue weighted by Gasteiger charge is 2.17. The van der Waals surface area contributed by atoms with Crippen LogP contribution in [0.4, 0.5) is 5.69 Å². The quantitative estimate of drug-likeness (QED) is 0.559. The number of nitrogen functional groups attached to an aromatic ring is 1. The number of benzene rings is 1. The van der Waals surface area contributed by atoms with E-state index >= 15 is 0 Å². The Balaban J connectivity index is 2.29. The maximum Gasteiger partial charge on any atom is 0.358 e. The SMILES string of the molecule is COC(=O)c1ncc(-c2cccc(N)c2C)c2cc[nH]c12. The molecule has 1 aromatic carbocycles. The van der Waals surface area contributed by atoms with E-state index in [-0.39, 0.29) is 5.69 Å². The number of carbonyl (C=O) groups excluding carboxylic acids is 1. The summed E-state index contributed by atoms with van der Waals surface area (Å²) in [5.74, 6) is -0.460. The molecule has 0 atom stereocenters. The van der Waals surface area contributed by atoms with Gasteiger partial charge in [0, 0.05) is 29.0 Å². The molecule has 0 aliphatic rings. The van der Waals surface area contributed by atoms with E-state index in [1.807, 2.05) is 31.2 Å². The van der Waals surface area contributed by atoms with Crippen molar-refractivity contribution in [3.8, 4) is 11.1 Å². The van der Waals surface area contributed by atoms with Gasteiger partial charge in [-0.3, -0.25) is 0 Å². The molecular weight excluding hydrogens is 266 g/mol. The Hall–Kier alpha value is -2.82. The van der Waals surface area contributed by atoms with Crippen LogP contribution in [0.2, 0.25) is 0 Å². The third kappa shape index (κ3) is 2.03. The van der Waals surface area contributed by atoms with Crippen LogP contribution in [0.1, 0.15) is 16.1 Å². The van der Waals surface area contributed by atoms with E-state index in [1.165, 1.54) is 7.11 Å². The summed E-state index contributed by atoms with van der Waals surface area (Å²) in [5, 5.41) is 0.916. The minimum Gasteiger partial charge on any atom is -0.464 e. The van der Waals surface area contributed by atoms with E-state index in [2.05, 4.69) is 9.97 Å². The first-order chi connectivity index (χ1) is 10.1. The van der Waals surface area contributed by atoms with Gasteiger partial charge in [-0.1, -0.05) is 12.1 Å². The summed E-state index contributed by atoms with van der Waals surface area (Å²) in [5.41, 5.74) is 10.6. The number of nitrogens with one attached hydrogen (secondary N) is 1. The Morgan fingerprint density at radius 1 is 1.29 bits per heavy atom. The molecule has 0 fully saturated rings. The largest absolute Gasteiger partial charge is 0.464 e. The van der Waals surface area contributed by atoms with Gasteiger partial charge in [0.2, 0.25) is 0 Å². The predicted molar refractivity (Wildman–Crippen MR) is 82.0 cm³/mol. The van der Waals surface area contributed by atoms with Gasteiger partial charge in [-0.15, -0.1) is 0 Å². The van der Waals surface area contributed by atoms with Gasteiger partial charge in [0.1, 0.15) is 0 Å². The van der Waals surface area contributed by atoms with Crippen LogP contribution in [0.25, 0.3) is 22.0 Å². The summed E-state index contributed by atoms with van der Waals surface area (Å²) >= 11 is 0. The van der Waals surface area contributed by atoms with Gasteiger partial charge in [-0.25, -0.2) is 9.78 Å². The first kappa shape index (κ1) is 13.2. The molecule has 3 N–H and O–H groups in total. The van der Waals surface area contributed by atoms with Crippen molar-refractivity contribution in [1.82, 2.24) is 9.97 Å². The third-order valence-corrected chi connectivity index (χ3v) is 3.64. The summed E-state index contributed by atoms with van der Waals surface area (Å²) in [7, 11) is 1.34. The number of rotatable bonds is 2. The number of ether oxygens (including phenoxy) is 1. The van der Waals surface area contributed by atoms with Gasteiger partial charge < -0.3 is 15.5 Å². The van der Waals surface area contributed by atoms with Gasteiger partial charge >= 0.3 is 5.97 Å². The number of methoxy groups -OCH3 is 1. The van der Waals surface area contributed by atoms with E-state index in [1.54, 1.807) is 12.4 Å². The molecule has 2 aromatic heterocycles. The summed E-state index contributed by atoms with van der Waals surface area (Å²) in [4.78, 5) is 19.1. The second-order valence-corrected chi connectivity index (χ2v) is 4.80. The smallest absolute Gasteiger partial charge is 0.358 e. The molecule has 5 nitrogen and oxygen atoms in total. The number of nitrogens with zero attached hydrogens (tertiary/aromatic N) is 1. The van der Waals surface area contributed by atoms with E-state index in [4.69, 9.17) is 10.5 Å². The first-order valence-corrected chi connectivity index (χ1v) is 6.53. The lowest BCUT2D eigenvalue weighted by Crippen LogP contribution is -2.05. The average molecular weight is 281 g/mol. The Bertz CT molecular complexity index is 837. The summed E-state index contributed by atoms with van der Waals surface area (Å²) in [6, 6.07) is 7.68. The number of anilines is 1. The molecule has 3 rings (SSSR count). The number of nitrogens with two attached hydrogens (primary N) is 1. The van der Waals surface area contributed by atoms with Crippen molar-refractivity contribution >= 4 is 22.6 Å². The lowest BCUT2D eigenvalue weighted by atomic mass is 9.98. The van der Waals surface area contributed by atoms with Crippen LogP contribution in [-0.4, -0.2) is 23.0 Å². The van der Waals surface area contributed by atoms with E-state index in [0.29, 0.717) is 5.52 Å². The fourth-order valence-corrected chi connectivity index (χ4v) is 2.46. The van der Waals surface area contributed by atoms with Crippen LogP contribution in [-0.2, 0) is 4.74 Å². The Kier molecular flexibility index (Phi) is 3.10. The van der Waals surface area contributed by atoms with Crippen LogP contribution >= 0.6 is 0 Å². The van der Waals surface area contributed by atoms with Crippen LogP contribution < -0.4 is 5.73 Å². The van der Waals surface area contributed by atoms with Gasteiger partial charge in [-0.05, 0) is 30.2 Å². The van der Waals surface area contributed by atoms with Crippen molar-refractivity contribution in [3.63, 3.8) is 0 Å². The van der Waals surface area contributed by atoms with Crippen LogP contribution in [0.15, 0.2) is 36.7 Å². The molecule has 0 radical (unpaired) electrons. The topological polar surface area (TPSA) is 81.0 Å². The van der Waals surface area contributed by atoms with E-state index < -0.39 is 5.97 Å². The summed E-state index contributed by atoms with van der Waals surface area (Å²) in [6.07, 6.45) is 3.47. The molecule has 0 bridgehead atoms. The van der Waals surface area contributed by atoms with Crippen molar-refractivity contribution in [2.24, 2.45) is 0 Å². The second kappa shape index (κ2) is 4.94. The molecule has 21 heavy (non-hydrogen) atoms. The first-order valence-electron chi connectivity index (χ1n) is 6.53. The third-order valence-electron chi connectivity index (χ3n) is 3.64. The highest BCUT2D eigenvalue weighted by Crippen LogP contribution is 2.33. The van der Waals surface area contributed by atoms with Gasteiger partial charge in [-0.2, -0.15) is 0 Å². The lowest BCUT2D eigenvalue weighted by molar-refractivity contribution is 0.0596. The number of hydrogen-bond donors (Lipinski definition) is 2. The normalized spacial score (nSPS) is 10.8. The van der Waals surface area contributed by atoms with Crippen molar-refractivity contribution < 1.29 is 9.53 Å². The molecule has 0 saturated heterocycles. The number of carbonyl (C=O) groups is 1. The van der Waals surface area contributed by atoms with E-state index in [0.717, 1.165) is 27.8 Å². The molecule has 0 unspecified atom stereocenters. The molecule has 3 aromatic rings. The van der Waals surface area contributed by atoms with Crippen molar-refractivity contribution in [1.29, 1.82) is 0 Å². The van der Waals surface area contributed by atoms with Crippen molar-refractivity contribution in [2.45, 2.75) is 6.92 Å². The monoisotopic (exact) mass is 281 g/mol. The number of H-pyrrole nitrogens is 1. The Morgan fingerprint density at radius 2 is 2.10 bits per heavy atom. The number of aromatic amines is 1. The number of fused-ring (bicyclic) bond motifs is 1. The highest BCUT2D eigenvalue weighted by atomic mass is 16.5. The second-order valence-electron chi connectivity index (χ2n) is 4.80. The maximum atomic E-state index is 11.8. The number of hydrogen-bond acceptors (Lipinski definition) is 4. The molecule has 0 spiro atoms. The fraction of sp³-hybridized carbons (Fsp3) is 0.125. The fourth-order valence-electron chi connectivity index (χ4n) is 2.46. The molecule has 5 heteroatoms. The van der Waals surface area contributed by atoms with E-state index in [9.17, 15) is 4.79 Å². The number of aromatic nitrogens is 2. The molecular formula is C16H15N3O2. The molecule has 0 aliphatic carbocycles. The molecule has 0 aliphatic heterocycles. The van der Waals surface area contributed by atoms with Crippen LogP contribution in [0.3, 0.4) is 0 Å². The summed E-state index contributed by atoms with van der Waals surface area (Å²) in [6.45, 7) is 1.97. The molecule has 106 valence electrons. The maximum absolute atomic E-state index is 11.8. The Labute approximate surface area is 121 Å². The summed E-state index contributed by atoms with van der Waals surface area (Å²) < 4.78 is 4.76. The zero-order chi connectivity index (χ0) is 15.0. The van der Waals surface area contributed by atoms with Gasteiger partial charge in [0.15, 0.2) is 5.69 Å². The average Bonchev–Trinajstić information content (AvgIpc) is 2.98. The number of esters is 1. The van der Waals surface area contributed by atoms with Gasteiger partial charge in [0.05, 0.1) is 12.6 Å². The van der Waals surface area contributed by atoms with Crippen LogP contribution in [0.5, 0.6) is 0 Å².